The molecule has 0 aliphatic rings. The molecule has 2 aromatic carbocycles. The summed E-state index contributed by atoms with van der Waals surface area (Å²) in [5.74, 6) is 0. The van der Waals surface area contributed by atoms with Crippen LogP contribution in [0.4, 0.5) is 36.6 Å². The summed E-state index contributed by atoms with van der Waals surface area (Å²) in [4.78, 5) is 0. The standard InChI is InChI=1S/C14H16N.F6P/c1-15(2,13-9-5-3-6-10-13)14-11-7-4-8-12-14;1-7(2,3,4,5)6/h3-12H,1-2H3;/q+1;-1. The summed E-state index contributed by atoms with van der Waals surface area (Å²) >= 11 is 0. The van der Waals surface area contributed by atoms with Crippen LogP contribution < -0.4 is 4.48 Å². The van der Waals surface area contributed by atoms with E-state index in [1.54, 1.807) is 0 Å². The molecule has 0 radical (unpaired) electrons. The Labute approximate surface area is 124 Å². The Morgan fingerprint density at radius 3 is 1.05 bits per heavy atom. The molecule has 0 aromatic heterocycles. The first-order valence-electron chi connectivity index (χ1n) is 6.18. The van der Waals surface area contributed by atoms with Gasteiger partial charge >= 0.3 is 33.0 Å². The van der Waals surface area contributed by atoms with Crippen molar-refractivity contribution in [1.82, 2.24) is 4.48 Å². The molecule has 0 fully saturated rings. The molecule has 2 aromatic rings. The SMILES string of the molecule is C[N+](C)(c1ccccc1)c1ccccc1.F[P-](F)(F)(F)(F)F. The average Bonchev–Trinajstić information content (AvgIpc) is 2.37. The minimum absolute atomic E-state index is 0.779. The van der Waals surface area contributed by atoms with Gasteiger partial charge in [-0.05, 0) is 24.3 Å². The Kier molecular flexibility index (Phi) is 4.40. The zero-order chi connectivity index (χ0) is 17.1. The monoisotopic (exact) mass is 343 g/mol. The van der Waals surface area contributed by atoms with Gasteiger partial charge < -0.3 is 0 Å². The molecule has 2 rings (SSSR count). The quantitative estimate of drug-likeness (QED) is 0.314. The zero-order valence-electron chi connectivity index (χ0n) is 11.9. The third kappa shape index (κ3) is 8.00. The van der Waals surface area contributed by atoms with Gasteiger partial charge in [-0.3, -0.25) is 4.48 Å². The maximum atomic E-state index is 9.87. The summed E-state index contributed by atoms with van der Waals surface area (Å²) in [6, 6.07) is 21.1. The van der Waals surface area contributed by atoms with Crippen molar-refractivity contribution in [1.29, 1.82) is 0 Å². The third-order valence-electron chi connectivity index (χ3n) is 2.80. The molecule has 0 atom stereocenters. The van der Waals surface area contributed by atoms with E-state index in [0.29, 0.717) is 0 Å². The van der Waals surface area contributed by atoms with Crippen LogP contribution in [0.1, 0.15) is 0 Å². The molecule has 0 aliphatic carbocycles. The summed E-state index contributed by atoms with van der Waals surface area (Å²) in [7, 11) is -6.26. The minimum atomic E-state index is -10.7. The molecule has 0 spiro atoms. The fourth-order valence-electron chi connectivity index (χ4n) is 1.75. The Morgan fingerprint density at radius 2 is 0.818 bits per heavy atom. The summed E-state index contributed by atoms with van der Waals surface area (Å²) < 4.78 is 60.0. The van der Waals surface area contributed by atoms with Crippen molar-refractivity contribution in [3.63, 3.8) is 0 Å². The maximum absolute atomic E-state index is 10.7. The van der Waals surface area contributed by atoms with Gasteiger partial charge in [0.05, 0.1) is 14.1 Å². The van der Waals surface area contributed by atoms with Gasteiger partial charge in [0.2, 0.25) is 0 Å². The van der Waals surface area contributed by atoms with Crippen LogP contribution in [0.3, 0.4) is 0 Å². The molecular formula is C14H16F6NP. The second-order valence-electron chi connectivity index (χ2n) is 5.08. The molecule has 0 heterocycles. The second-order valence-corrected chi connectivity index (χ2v) is 7.00. The molecule has 0 bridgehead atoms. The summed E-state index contributed by atoms with van der Waals surface area (Å²) in [6.07, 6.45) is 0. The van der Waals surface area contributed by atoms with E-state index in [1.807, 2.05) is 0 Å². The van der Waals surface area contributed by atoms with Gasteiger partial charge in [0.25, 0.3) is 0 Å². The Bertz CT molecular complexity index is 555. The first-order chi connectivity index (χ1) is 9.66. The van der Waals surface area contributed by atoms with E-state index in [1.165, 1.54) is 11.4 Å². The number of nitrogens with zero attached hydrogens (tertiary/aromatic N) is 1. The van der Waals surface area contributed by atoms with E-state index in [0.717, 1.165) is 4.48 Å². The Hall–Kier alpha value is -1.59. The van der Waals surface area contributed by atoms with Gasteiger partial charge in [-0.1, -0.05) is 36.4 Å². The van der Waals surface area contributed by atoms with Crippen molar-refractivity contribution in [3.8, 4) is 0 Å². The van der Waals surface area contributed by atoms with E-state index < -0.39 is 7.81 Å². The summed E-state index contributed by atoms with van der Waals surface area (Å²) in [5.41, 5.74) is 2.59. The van der Waals surface area contributed by atoms with Crippen LogP contribution in [0.15, 0.2) is 60.7 Å². The predicted octanol–water partition coefficient (Wildman–Crippen LogP) is 6.97. The molecule has 0 saturated heterocycles. The Morgan fingerprint density at radius 1 is 0.591 bits per heavy atom. The van der Waals surface area contributed by atoms with Crippen LogP contribution in [0.2, 0.25) is 0 Å². The van der Waals surface area contributed by atoms with Crippen molar-refractivity contribution in [2.75, 3.05) is 14.1 Å². The second kappa shape index (κ2) is 5.25. The number of para-hydroxylation sites is 2. The van der Waals surface area contributed by atoms with Gasteiger partial charge in [0.15, 0.2) is 0 Å². The van der Waals surface area contributed by atoms with E-state index in [-0.39, 0.29) is 0 Å². The van der Waals surface area contributed by atoms with Gasteiger partial charge in [-0.15, -0.1) is 0 Å². The number of hydrogen-bond donors (Lipinski definition) is 0. The normalized spacial score (nSPS) is 15.1. The molecule has 0 amide bonds. The number of hydrogen-bond acceptors (Lipinski definition) is 0. The Balaban J connectivity index is 0.000000295. The van der Waals surface area contributed by atoms with Gasteiger partial charge in [0.1, 0.15) is 11.4 Å². The van der Waals surface area contributed by atoms with Gasteiger partial charge in [-0.25, -0.2) is 0 Å². The fourth-order valence-corrected chi connectivity index (χ4v) is 1.75. The molecule has 0 unspecified atom stereocenters. The number of quaternary nitrogens is 1. The van der Waals surface area contributed by atoms with Crippen LogP contribution in [0, 0.1) is 0 Å². The fraction of sp³-hybridized carbons (Fsp3) is 0.143. The average molecular weight is 343 g/mol. The zero-order valence-corrected chi connectivity index (χ0v) is 12.8. The number of benzene rings is 2. The van der Waals surface area contributed by atoms with Gasteiger partial charge in [-0.2, -0.15) is 0 Å². The van der Waals surface area contributed by atoms with Gasteiger partial charge in [0, 0.05) is 0 Å². The molecule has 124 valence electrons. The molecule has 0 saturated carbocycles. The van der Waals surface area contributed by atoms with Crippen molar-refractivity contribution in [3.05, 3.63) is 60.7 Å². The van der Waals surface area contributed by atoms with Crippen LogP contribution in [-0.2, 0) is 0 Å². The van der Waals surface area contributed by atoms with Crippen molar-refractivity contribution >= 4 is 19.2 Å². The molecule has 22 heavy (non-hydrogen) atoms. The van der Waals surface area contributed by atoms with E-state index >= 15 is 0 Å². The van der Waals surface area contributed by atoms with E-state index in [9.17, 15) is 25.2 Å². The van der Waals surface area contributed by atoms with Crippen molar-refractivity contribution in [2.24, 2.45) is 0 Å². The molecule has 1 nitrogen and oxygen atoms in total. The summed E-state index contributed by atoms with van der Waals surface area (Å²) in [6.45, 7) is 0. The predicted molar refractivity (Wildman–Crippen MR) is 79.8 cm³/mol. The van der Waals surface area contributed by atoms with Crippen LogP contribution in [0.5, 0.6) is 0 Å². The topological polar surface area (TPSA) is 0 Å². The van der Waals surface area contributed by atoms with Crippen molar-refractivity contribution < 1.29 is 25.2 Å². The number of rotatable bonds is 2. The van der Waals surface area contributed by atoms with Crippen molar-refractivity contribution in [2.45, 2.75) is 0 Å². The van der Waals surface area contributed by atoms with Crippen LogP contribution >= 0.6 is 7.81 Å². The molecule has 8 heteroatoms. The molecule has 0 N–H and O–H groups in total. The van der Waals surface area contributed by atoms with Crippen LogP contribution in [-0.4, -0.2) is 14.1 Å². The first-order valence-corrected chi connectivity index (χ1v) is 8.21. The van der Waals surface area contributed by atoms with E-state index in [4.69, 9.17) is 0 Å². The molecule has 0 aliphatic heterocycles. The number of halogens is 6. The third-order valence-corrected chi connectivity index (χ3v) is 2.80. The van der Waals surface area contributed by atoms with E-state index in [2.05, 4.69) is 74.8 Å². The molecular weight excluding hydrogens is 327 g/mol. The van der Waals surface area contributed by atoms with Crippen LogP contribution in [0.25, 0.3) is 0 Å². The first kappa shape index (κ1) is 18.5. The summed E-state index contributed by atoms with van der Waals surface area (Å²) in [5, 5.41) is 0.